The van der Waals surface area contributed by atoms with Crippen molar-refractivity contribution in [3.63, 3.8) is 0 Å². The van der Waals surface area contributed by atoms with Crippen LogP contribution in [0.5, 0.6) is 5.75 Å². The monoisotopic (exact) mass is 367 g/mol. The molecule has 7 heteroatoms. The number of rotatable bonds is 0. The molecule has 4 rings (SSSR count). The van der Waals surface area contributed by atoms with E-state index in [-0.39, 0.29) is 0 Å². The SMILES string of the molecule is CN1OC2(CC3(CCCOC3)Oc3ccc(Br)cc32)N=C1N. The average molecular weight is 368 g/mol. The molecule has 1 fully saturated rings. The van der Waals surface area contributed by atoms with Crippen LogP contribution in [-0.4, -0.2) is 36.9 Å². The van der Waals surface area contributed by atoms with Gasteiger partial charge in [0.25, 0.3) is 0 Å². The van der Waals surface area contributed by atoms with E-state index in [0.29, 0.717) is 19.0 Å². The number of fused-ring (bicyclic) bond motifs is 2. The Labute approximate surface area is 137 Å². The zero-order chi connectivity index (χ0) is 15.4. The van der Waals surface area contributed by atoms with Crippen LogP contribution >= 0.6 is 15.9 Å². The van der Waals surface area contributed by atoms with E-state index in [1.54, 1.807) is 7.05 Å². The molecule has 3 aliphatic rings. The fourth-order valence-corrected chi connectivity index (χ4v) is 3.84. The maximum atomic E-state index is 6.32. The van der Waals surface area contributed by atoms with Gasteiger partial charge in [-0.15, -0.1) is 0 Å². The second kappa shape index (κ2) is 4.84. The lowest BCUT2D eigenvalue weighted by molar-refractivity contribution is -0.216. The molecule has 3 heterocycles. The number of hydrogen-bond acceptors (Lipinski definition) is 6. The summed E-state index contributed by atoms with van der Waals surface area (Å²) in [4.78, 5) is 10.7. The molecule has 0 aliphatic carbocycles. The fraction of sp³-hybridized carbons (Fsp3) is 0.533. The summed E-state index contributed by atoms with van der Waals surface area (Å²) >= 11 is 3.51. The van der Waals surface area contributed by atoms with Gasteiger partial charge in [0.15, 0.2) is 0 Å². The summed E-state index contributed by atoms with van der Waals surface area (Å²) in [6, 6.07) is 5.90. The third-order valence-electron chi connectivity index (χ3n) is 4.44. The molecule has 0 saturated carbocycles. The van der Waals surface area contributed by atoms with E-state index in [1.807, 2.05) is 18.2 Å². The molecule has 6 nitrogen and oxygen atoms in total. The second-order valence-corrected chi connectivity index (χ2v) is 7.02. The number of nitrogens with two attached hydrogens (primary N) is 1. The molecule has 1 aromatic carbocycles. The number of hydroxylamine groups is 2. The van der Waals surface area contributed by atoms with Gasteiger partial charge in [-0.05, 0) is 31.0 Å². The first-order valence-electron chi connectivity index (χ1n) is 7.37. The highest BCUT2D eigenvalue weighted by molar-refractivity contribution is 9.10. The van der Waals surface area contributed by atoms with Gasteiger partial charge in [0.1, 0.15) is 11.4 Å². The van der Waals surface area contributed by atoms with Gasteiger partial charge in [-0.1, -0.05) is 15.9 Å². The molecule has 3 aliphatic heterocycles. The van der Waals surface area contributed by atoms with E-state index in [2.05, 4.69) is 20.9 Å². The Balaban J connectivity index is 1.84. The van der Waals surface area contributed by atoms with Gasteiger partial charge in [0.05, 0.1) is 12.2 Å². The topological polar surface area (TPSA) is 69.3 Å². The Kier molecular flexibility index (Phi) is 3.15. The molecule has 2 spiro atoms. The maximum absolute atomic E-state index is 6.32. The van der Waals surface area contributed by atoms with Crippen LogP contribution in [0.4, 0.5) is 0 Å². The van der Waals surface area contributed by atoms with Crippen molar-refractivity contribution in [2.24, 2.45) is 10.7 Å². The van der Waals surface area contributed by atoms with Crippen LogP contribution in [-0.2, 0) is 15.3 Å². The minimum absolute atomic E-state index is 0.375. The molecule has 0 aromatic heterocycles. The van der Waals surface area contributed by atoms with Gasteiger partial charge < -0.3 is 15.2 Å². The lowest BCUT2D eigenvalue weighted by atomic mass is 9.81. The molecule has 2 unspecified atom stereocenters. The number of halogens is 1. The standard InChI is InChI=1S/C15H18BrN3O3/c1-19-13(17)18-15(22-19)8-14(5-2-6-20-9-14)21-12-4-3-10(16)7-11(12)15/h3-4,7H,2,5-6,8-9H2,1H3,(H2,17,18). The first kappa shape index (κ1) is 14.3. The summed E-state index contributed by atoms with van der Waals surface area (Å²) in [7, 11) is 1.77. The predicted octanol–water partition coefficient (Wildman–Crippen LogP) is 2.13. The molecule has 118 valence electrons. The van der Waals surface area contributed by atoms with Crippen LogP contribution in [0, 0.1) is 0 Å². The normalized spacial score (nSPS) is 33.7. The third kappa shape index (κ3) is 2.11. The fourth-order valence-electron chi connectivity index (χ4n) is 3.47. The Bertz CT molecular complexity index is 645. The third-order valence-corrected chi connectivity index (χ3v) is 4.94. The molecular weight excluding hydrogens is 350 g/mol. The van der Waals surface area contributed by atoms with E-state index in [1.165, 1.54) is 5.06 Å². The number of nitrogens with zero attached hydrogens (tertiary/aromatic N) is 2. The highest BCUT2D eigenvalue weighted by atomic mass is 79.9. The first-order valence-corrected chi connectivity index (χ1v) is 8.16. The molecule has 22 heavy (non-hydrogen) atoms. The van der Waals surface area contributed by atoms with Crippen LogP contribution in [0.25, 0.3) is 0 Å². The Morgan fingerprint density at radius 1 is 1.41 bits per heavy atom. The summed E-state index contributed by atoms with van der Waals surface area (Å²) in [6.07, 6.45) is 2.48. The Hall–Kier alpha value is -1.31. The van der Waals surface area contributed by atoms with Gasteiger partial charge in [-0.2, -0.15) is 0 Å². The molecule has 1 saturated heterocycles. The molecule has 0 bridgehead atoms. The summed E-state index contributed by atoms with van der Waals surface area (Å²) in [5.74, 6) is 1.16. The lowest BCUT2D eigenvalue weighted by Gasteiger charge is -2.46. The van der Waals surface area contributed by atoms with Gasteiger partial charge in [-0.25, -0.2) is 14.9 Å². The summed E-state index contributed by atoms with van der Waals surface area (Å²) in [5.41, 5.74) is 5.61. The molecule has 0 radical (unpaired) electrons. The maximum Gasteiger partial charge on any atom is 0.222 e. The largest absolute Gasteiger partial charge is 0.484 e. The van der Waals surface area contributed by atoms with Crippen molar-refractivity contribution in [3.8, 4) is 5.75 Å². The van der Waals surface area contributed by atoms with Crippen LogP contribution in [0.2, 0.25) is 0 Å². The summed E-state index contributed by atoms with van der Waals surface area (Å²) in [5, 5.41) is 1.52. The number of aliphatic imine (C=N–C) groups is 1. The van der Waals surface area contributed by atoms with Crippen molar-refractivity contribution in [3.05, 3.63) is 28.2 Å². The van der Waals surface area contributed by atoms with Gasteiger partial charge >= 0.3 is 0 Å². The molecule has 2 N–H and O–H groups in total. The van der Waals surface area contributed by atoms with Crippen LogP contribution < -0.4 is 10.5 Å². The van der Waals surface area contributed by atoms with Gasteiger partial charge in [-0.3, -0.25) is 0 Å². The van der Waals surface area contributed by atoms with Crippen LogP contribution in [0.15, 0.2) is 27.7 Å². The van der Waals surface area contributed by atoms with E-state index in [4.69, 9.17) is 20.0 Å². The molecule has 0 amide bonds. The Morgan fingerprint density at radius 2 is 2.27 bits per heavy atom. The van der Waals surface area contributed by atoms with E-state index < -0.39 is 11.3 Å². The van der Waals surface area contributed by atoms with Crippen molar-refractivity contribution < 1.29 is 14.3 Å². The zero-order valence-corrected chi connectivity index (χ0v) is 13.9. The van der Waals surface area contributed by atoms with Gasteiger partial charge in [0, 0.05) is 24.5 Å². The molecule has 1 aromatic rings. The van der Waals surface area contributed by atoms with Crippen LogP contribution in [0.3, 0.4) is 0 Å². The lowest BCUT2D eigenvalue weighted by Crippen LogP contribution is -2.53. The second-order valence-electron chi connectivity index (χ2n) is 6.10. The molecule has 2 atom stereocenters. The number of ether oxygens (including phenoxy) is 2. The first-order chi connectivity index (χ1) is 10.5. The van der Waals surface area contributed by atoms with Crippen molar-refractivity contribution in [1.82, 2.24) is 5.06 Å². The quantitative estimate of drug-likeness (QED) is 0.760. The van der Waals surface area contributed by atoms with Crippen LogP contribution in [0.1, 0.15) is 24.8 Å². The van der Waals surface area contributed by atoms with E-state index >= 15 is 0 Å². The molecular formula is C15H18BrN3O3. The van der Waals surface area contributed by atoms with E-state index in [0.717, 1.165) is 35.2 Å². The van der Waals surface area contributed by atoms with Crippen molar-refractivity contribution in [2.45, 2.75) is 30.6 Å². The number of hydrogen-bond donors (Lipinski definition) is 1. The predicted molar refractivity (Wildman–Crippen MR) is 84.3 cm³/mol. The zero-order valence-electron chi connectivity index (χ0n) is 12.3. The minimum atomic E-state index is -0.836. The van der Waals surface area contributed by atoms with Crippen molar-refractivity contribution in [1.29, 1.82) is 0 Å². The van der Waals surface area contributed by atoms with Crippen molar-refractivity contribution >= 4 is 21.9 Å². The summed E-state index contributed by atoms with van der Waals surface area (Å²) in [6.45, 7) is 1.32. The number of guanidine groups is 1. The smallest absolute Gasteiger partial charge is 0.222 e. The van der Waals surface area contributed by atoms with Gasteiger partial charge in [0.2, 0.25) is 11.7 Å². The number of benzene rings is 1. The average Bonchev–Trinajstić information content (AvgIpc) is 2.76. The minimum Gasteiger partial charge on any atom is -0.484 e. The van der Waals surface area contributed by atoms with Crippen molar-refractivity contribution in [2.75, 3.05) is 20.3 Å². The van der Waals surface area contributed by atoms with E-state index in [9.17, 15) is 0 Å². The highest BCUT2D eigenvalue weighted by Gasteiger charge is 2.55. The highest BCUT2D eigenvalue weighted by Crippen LogP contribution is 2.51. The summed E-state index contributed by atoms with van der Waals surface area (Å²) < 4.78 is 12.9. The Morgan fingerprint density at radius 3 is 2.95 bits per heavy atom.